The van der Waals surface area contributed by atoms with Gasteiger partial charge in [-0.2, -0.15) is 37.3 Å². The summed E-state index contributed by atoms with van der Waals surface area (Å²) in [5.41, 5.74) is 9.33. The Labute approximate surface area is 398 Å². The molecule has 2 aliphatic rings. The first-order valence-electron chi connectivity index (χ1n) is 19.8. The first kappa shape index (κ1) is 49.4. The summed E-state index contributed by atoms with van der Waals surface area (Å²) in [5, 5.41) is 19.3. The van der Waals surface area contributed by atoms with Crippen molar-refractivity contribution < 1.29 is 55.2 Å². The summed E-state index contributed by atoms with van der Waals surface area (Å²) in [4.78, 5) is 66.1. The van der Waals surface area contributed by atoms with E-state index in [0.29, 0.717) is 44.8 Å². The highest BCUT2D eigenvalue weighted by molar-refractivity contribution is 7.15. The van der Waals surface area contributed by atoms with Crippen LogP contribution in [-0.2, 0) is 28.9 Å². The molecule has 0 saturated heterocycles. The Bertz CT molecular complexity index is 2830. The van der Waals surface area contributed by atoms with Crippen molar-refractivity contribution in [2.24, 2.45) is 9.98 Å². The van der Waals surface area contributed by atoms with Crippen LogP contribution in [0.1, 0.15) is 91.4 Å². The number of halogens is 8. The molecule has 6 heterocycles. The molecule has 8 rings (SSSR count). The maximum absolute atomic E-state index is 12.4. The standard InChI is InChI=1S/2C21H17ClF3N5O3S/c2*1-9-10(2)34-19-16(9)17(12-4-6-13(22)7-5-12)26-14(18-28-27-11(3)30(18)19)8-15(31)29-33-20(32)21(23,24)25/h2*4-7,14H,8H2,1-3H3,(H,29,31)/t2*14-/m00/s1. The zero-order chi connectivity index (χ0) is 49.6. The van der Waals surface area contributed by atoms with Crippen molar-refractivity contribution in [1.82, 2.24) is 40.5 Å². The molecule has 2 aliphatic heterocycles. The maximum Gasteiger partial charge on any atom is 0.493 e. The summed E-state index contributed by atoms with van der Waals surface area (Å²) in [6.07, 6.45) is -11.4. The van der Waals surface area contributed by atoms with Crippen LogP contribution in [0, 0.1) is 41.5 Å². The van der Waals surface area contributed by atoms with Crippen LogP contribution in [0.15, 0.2) is 58.5 Å². The first-order valence-corrected chi connectivity index (χ1v) is 22.2. The van der Waals surface area contributed by atoms with Gasteiger partial charge >= 0.3 is 24.3 Å². The number of hydrogen-bond donors (Lipinski definition) is 2. The minimum atomic E-state index is -5.24. The van der Waals surface area contributed by atoms with Crippen LogP contribution in [0.5, 0.6) is 0 Å². The number of hydrogen-bond acceptors (Lipinski definition) is 14. The summed E-state index contributed by atoms with van der Waals surface area (Å²) in [7, 11) is 0. The molecule has 356 valence electrons. The fourth-order valence-corrected chi connectivity index (χ4v) is 9.70. The van der Waals surface area contributed by atoms with Gasteiger partial charge in [-0.3, -0.25) is 28.7 Å². The molecular weight excluding hydrogens is 990 g/mol. The summed E-state index contributed by atoms with van der Waals surface area (Å²) in [5.74, 6) is -5.24. The van der Waals surface area contributed by atoms with Gasteiger partial charge in [0.2, 0.25) is 0 Å². The van der Waals surface area contributed by atoms with E-state index in [1.54, 1.807) is 82.5 Å². The molecule has 0 fully saturated rings. The molecule has 0 bridgehead atoms. The zero-order valence-electron chi connectivity index (χ0n) is 36.1. The summed E-state index contributed by atoms with van der Waals surface area (Å²) in [6.45, 7) is 11.4. The van der Waals surface area contributed by atoms with Gasteiger partial charge in [-0.15, -0.1) is 43.1 Å². The van der Waals surface area contributed by atoms with E-state index in [1.807, 2.05) is 27.7 Å². The highest BCUT2D eigenvalue weighted by Crippen LogP contribution is 2.41. The molecule has 26 heteroatoms. The smallest absolute Gasteiger partial charge is 0.332 e. The van der Waals surface area contributed by atoms with Gasteiger partial charge in [0.15, 0.2) is 11.6 Å². The van der Waals surface area contributed by atoms with Gasteiger partial charge in [-0.25, -0.2) is 9.59 Å². The number of aryl methyl sites for hydroxylation is 4. The Morgan fingerprint density at radius 2 is 0.926 bits per heavy atom. The average Bonchev–Trinajstić information content (AvgIpc) is 3.96. The molecule has 68 heavy (non-hydrogen) atoms. The number of aromatic nitrogens is 6. The summed E-state index contributed by atoms with van der Waals surface area (Å²) >= 11 is 15.1. The predicted molar refractivity (Wildman–Crippen MR) is 236 cm³/mol. The van der Waals surface area contributed by atoms with E-state index in [-0.39, 0.29) is 0 Å². The zero-order valence-corrected chi connectivity index (χ0v) is 39.2. The molecule has 16 nitrogen and oxygen atoms in total. The normalized spacial score (nSPS) is 15.1. The van der Waals surface area contributed by atoms with Gasteiger partial charge in [-0.1, -0.05) is 47.5 Å². The van der Waals surface area contributed by atoms with E-state index in [9.17, 15) is 45.5 Å². The number of alkyl halides is 6. The number of benzene rings is 2. The Balaban J connectivity index is 0.000000201. The Morgan fingerprint density at radius 1 is 0.588 bits per heavy atom. The predicted octanol–water partition coefficient (Wildman–Crippen LogP) is 8.65. The number of nitrogens with zero attached hydrogens (tertiary/aromatic N) is 8. The fraction of sp³-hybridized carbons (Fsp3) is 0.286. The molecule has 0 aliphatic carbocycles. The first-order chi connectivity index (χ1) is 31.9. The maximum atomic E-state index is 12.4. The van der Waals surface area contributed by atoms with Crippen LogP contribution in [0.2, 0.25) is 10.0 Å². The molecule has 2 atom stereocenters. The molecule has 0 saturated carbocycles. The lowest BCUT2D eigenvalue weighted by molar-refractivity contribution is -0.207. The third-order valence-electron chi connectivity index (χ3n) is 10.4. The number of carbonyl (C=O) groups excluding carboxylic acids is 4. The molecule has 4 aromatic heterocycles. The van der Waals surface area contributed by atoms with Gasteiger partial charge in [0.05, 0.1) is 24.3 Å². The largest absolute Gasteiger partial charge is 0.493 e. The van der Waals surface area contributed by atoms with Crippen LogP contribution in [0.3, 0.4) is 0 Å². The van der Waals surface area contributed by atoms with Crippen molar-refractivity contribution in [1.29, 1.82) is 0 Å². The molecular formula is C42H34Cl2F6N10O6S2. The lowest BCUT2D eigenvalue weighted by Crippen LogP contribution is -2.35. The molecule has 6 aromatic rings. The highest BCUT2D eigenvalue weighted by Gasteiger charge is 2.43. The molecule has 2 amide bonds. The van der Waals surface area contributed by atoms with Gasteiger partial charge in [0.1, 0.15) is 33.7 Å². The van der Waals surface area contributed by atoms with Crippen molar-refractivity contribution >= 4 is 81.1 Å². The van der Waals surface area contributed by atoms with E-state index in [1.165, 1.54) is 22.7 Å². The van der Waals surface area contributed by atoms with Crippen LogP contribution >= 0.6 is 45.9 Å². The summed E-state index contributed by atoms with van der Waals surface area (Å²) < 4.78 is 77.9. The number of rotatable bonds is 6. The second kappa shape index (κ2) is 19.2. The second-order valence-electron chi connectivity index (χ2n) is 15.0. The van der Waals surface area contributed by atoms with E-state index in [2.05, 4.69) is 30.1 Å². The van der Waals surface area contributed by atoms with Gasteiger partial charge in [-0.05, 0) is 76.9 Å². The Kier molecular flexibility index (Phi) is 14.0. The van der Waals surface area contributed by atoms with Gasteiger partial charge < -0.3 is 9.68 Å². The van der Waals surface area contributed by atoms with Crippen LogP contribution in [-0.4, -0.2) is 77.1 Å². The summed E-state index contributed by atoms with van der Waals surface area (Å²) in [6, 6.07) is 12.2. The third kappa shape index (κ3) is 10.2. The minimum Gasteiger partial charge on any atom is -0.332 e. The lowest BCUT2D eigenvalue weighted by atomic mass is 9.99. The SMILES string of the molecule is Cc1sc2c(c1C)C(c1ccc(Cl)cc1)=N[C@@H](CC(=O)NOC(=O)C(F)(F)F)c1nnc(C)n1-2.Cc1sc2c(c1C)C(c1ccc(Cl)cc1)=N[C@@H](CC(=O)NOC(=O)C(F)(F)F)c1nnc(C)n1-2. The number of nitrogens with one attached hydrogen (secondary N) is 2. The molecule has 2 N–H and O–H groups in total. The average molecular weight is 1020 g/mol. The molecule has 2 aromatic carbocycles. The third-order valence-corrected chi connectivity index (χ3v) is 13.3. The van der Waals surface area contributed by atoms with E-state index in [0.717, 1.165) is 53.1 Å². The number of amides is 2. The number of fused-ring (bicyclic) bond motifs is 6. The van der Waals surface area contributed by atoms with E-state index < -0.39 is 61.0 Å². The Hall–Kier alpha value is -6.50. The van der Waals surface area contributed by atoms with Crippen molar-refractivity contribution in [3.63, 3.8) is 0 Å². The topological polar surface area (TPSA) is 197 Å². The Morgan fingerprint density at radius 3 is 1.25 bits per heavy atom. The van der Waals surface area contributed by atoms with E-state index >= 15 is 0 Å². The molecule has 0 radical (unpaired) electrons. The van der Waals surface area contributed by atoms with Crippen molar-refractivity contribution in [2.75, 3.05) is 0 Å². The number of aliphatic imine (C=N–C) groups is 2. The highest BCUT2D eigenvalue weighted by atomic mass is 35.5. The number of thiophene rings is 2. The second-order valence-corrected chi connectivity index (χ2v) is 18.3. The number of hydroxylamine groups is 2. The van der Waals surface area contributed by atoms with Crippen molar-refractivity contribution in [2.45, 2.75) is 78.8 Å². The molecule has 0 unspecified atom stereocenters. The monoisotopic (exact) mass is 1020 g/mol. The van der Waals surface area contributed by atoms with Gasteiger partial charge in [0, 0.05) is 42.1 Å². The van der Waals surface area contributed by atoms with Crippen LogP contribution < -0.4 is 11.0 Å². The van der Waals surface area contributed by atoms with Crippen LogP contribution in [0.4, 0.5) is 26.3 Å². The van der Waals surface area contributed by atoms with Crippen molar-refractivity contribution in [3.8, 4) is 10.0 Å². The van der Waals surface area contributed by atoms with Crippen LogP contribution in [0.25, 0.3) is 10.0 Å². The lowest BCUT2D eigenvalue weighted by Gasteiger charge is -2.13. The minimum absolute atomic E-state index is 0.335. The van der Waals surface area contributed by atoms with Crippen molar-refractivity contribution in [3.05, 3.63) is 125 Å². The quantitative estimate of drug-likeness (QED) is 0.120. The number of carbonyl (C=O) groups is 4. The fourth-order valence-electron chi connectivity index (χ4n) is 7.02. The van der Waals surface area contributed by atoms with Gasteiger partial charge in [0.25, 0.3) is 11.8 Å². The van der Waals surface area contributed by atoms with E-state index in [4.69, 9.17) is 33.2 Å². The molecule has 0 spiro atoms.